The highest BCUT2D eigenvalue weighted by Crippen LogP contribution is 2.33. The fourth-order valence-corrected chi connectivity index (χ4v) is 2.54. The van der Waals surface area contributed by atoms with Crippen LogP contribution in [0.2, 0.25) is 0 Å². The Morgan fingerprint density at radius 1 is 1.17 bits per heavy atom. The zero-order valence-electron chi connectivity index (χ0n) is 13.0. The molecular formula is C17H18N2O4. The number of carbonyl (C=O) groups excluding carboxylic acids is 1. The Balaban J connectivity index is 1.87. The molecule has 23 heavy (non-hydrogen) atoms. The Morgan fingerprint density at radius 3 is 2.74 bits per heavy atom. The molecule has 1 heterocycles. The standard InChI is InChI=1S/C17H18N2O4/c1-21-12-4-6-14(22-2)10(7-12)8-16-17(20)19-13-5-3-11(18)9-15(13)23-16/h3-7,9,16H,8,18H2,1-2H3,(H,19,20). The molecule has 0 saturated heterocycles. The van der Waals surface area contributed by atoms with Crippen LogP contribution in [-0.4, -0.2) is 26.2 Å². The molecule has 1 aliphatic heterocycles. The number of nitrogen functional groups attached to an aromatic ring is 1. The summed E-state index contributed by atoms with van der Waals surface area (Å²) < 4.78 is 16.4. The molecule has 0 fully saturated rings. The molecule has 0 spiro atoms. The second-order valence-corrected chi connectivity index (χ2v) is 5.23. The number of amides is 1. The first kappa shape index (κ1) is 15.0. The molecule has 0 bridgehead atoms. The molecule has 1 aliphatic rings. The molecule has 1 amide bonds. The second kappa shape index (κ2) is 6.08. The van der Waals surface area contributed by atoms with Gasteiger partial charge in [0.1, 0.15) is 17.2 Å². The minimum absolute atomic E-state index is 0.202. The predicted octanol–water partition coefficient (Wildman–Crippen LogP) is 2.23. The Bertz CT molecular complexity index is 745. The zero-order chi connectivity index (χ0) is 16.4. The van der Waals surface area contributed by atoms with Crippen LogP contribution in [0, 0.1) is 0 Å². The van der Waals surface area contributed by atoms with Crippen molar-refractivity contribution in [3.05, 3.63) is 42.0 Å². The summed E-state index contributed by atoms with van der Waals surface area (Å²) in [6, 6.07) is 10.6. The number of rotatable bonds is 4. The molecule has 6 heteroatoms. The van der Waals surface area contributed by atoms with Gasteiger partial charge in [-0.2, -0.15) is 0 Å². The maximum absolute atomic E-state index is 12.3. The molecule has 3 N–H and O–H groups in total. The van der Waals surface area contributed by atoms with E-state index >= 15 is 0 Å². The van der Waals surface area contributed by atoms with E-state index in [1.165, 1.54) is 0 Å². The highest BCUT2D eigenvalue weighted by Gasteiger charge is 2.29. The molecular weight excluding hydrogens is 296 g/mol. The monoisotopic (exact) mass is 314 g/mol. The fourth-order valence-electron chi connectivity index (χ4n) is 2.54. The number of hydrogen-bond donors (Lipinski definition) is 2. The van der Waals surface area contributed by atoms with E-state index in [1.54, 1.807) is 44.6 Å². The van der Waals surface area contributed by atoms with Gasteiger partial charge in [-0.05, 0) is 30.3 Å². The number of benzene rings is 2. The Labute approximate surface area is 134 Å². The maximum Gasteiger partial charge on any atom is 0.265 e. The van der Waals surface area contributed by atoms with Crippen LogP contribution in [-0.2, 0) is 11.2 Å². The van der Waals surface area contributed by atoms with Crippen molar-refractivity contribution >= 4 is 17.3 Å². The molecule has 3 rings (SSSR count). The normalized spacial score (nSPS) is 16.1. The van der Waals surface area contributed by atoms with Gasteiger partial charge in [0.05, 0.1) is 19.9 Å². The second-order valence-electron chi connectivity index (χ2n) is 5.23. The summed E-state index contributed by atoms with van der Waals surface area (Å²) in [6.45, 7) is 0. The van der Waals surface area contributed by atoms with E-state index in [9.17, 15) is 4.79 Å². The van der Waals surface area contributed by atoms with Gasteiger partial charge in [0.2, 0.25) is 0 Å². The van der Waals surface area contributed by atoms with Gasteiger partial charge in [0.25, 0.3) is 5.91 Å². The van der Waals surface area contributed by atoms with E-state index in [4.69, 9.17) is 19.9 Å². The van der Waals surface area contributed by atoms with E-state index in [1.807, 2.05) is 6.07 Å². The van der Waals surface area contributed by atoms with Gasteiger partial charge in [0.15, 0.2) is 6.10 Å². The summed E-state index contributed by atoms with van der Waals surface area (Å²) in [5, 5.41) is 2.83. The van der Waals surface area contributed by atoms with Crippen LogP contribution in [0.1, 0.15) is 5.56 Å². The summed E-state index contributed by atoms with van der Waals surface area (Å²) in [7, 11) is 3.18. The molecule has 6 nitrogen and oxygen atoms in total. The van der Waals surface area contributed by atoms with E-state index < -0.39 is 6.10 Å². The third-order valence-electron chi connectivity index (χ3n) is 3.72. The number of fused-ring (bicyclic) bond motifs is 1. The molecule has 0 radical (unpaired) electrons. The lowest BCUT2D eigenvalue weighted by atomic mass is 10.0. The summed E-state index contributed by atoms with van der Waals surface area (Å²) in [4.78, 5) is 12.3. The van der Waals surface area contributed by atoms with Gasteiger partial charge in [-0.1, -0.05) is 0 Å². The largest absolute Gasteiger partial charge is 0.497 e. The molecule has 0 saturated carbocycles. The lowest BCUT2D eigenvalue weighted by Crippen LogP contribution is -2.38. The van der Waals surface area contributed by atoms with Crippen molar-refractivity contribution in [2.45, 2.75) is 12.5 Å². The lowest BCUT2D eigenvalue weighted by Gasteiger charge is -2.26. The first-order chi connectivity index (χ1) is 11.1. The minimum Gasteiger partial charge on any atom is -0.497 e. The molecule has 120 valence electrons. The average Bonchev–Trinajstić information content (AvgIpc) is 2.55. The van der Waals surface area contributed by atoms with Gasteiger partial charge in [-0.3, -0.25) is 4.79 Å². The van der Waals surface area contributed by atoms with Crippen molar-refractivity contribution in [1.29, 1.82) is 0 Å². The SMILES string of the molecule is COc1ccc(OC)c(CC2Oc3cc(N)ccc3NC2=O)c1. The number of hydrogen-bond acceptors (Lipinski definition) is 5. The van der Waals surface area contributed by atoms with Crippen LogP contribution in [0.15, 0.2) is 36.4 Å². The molecule has 0 aliphatic carbocycles. The molecule has 1 atom stereocenters. The Kier molecular flexibility index (Phi) is 3.97. The fraction of sp³-hybridized carbons (Fsp3) is 0.235. The van der Waals surface area contributed by atoms with Gasteiger partial charge < -0.3 is 25.3 Å². The van der Waals surface area contributed by atoms with Crippen LogP contribution in [0.25, 0.3) is 0 Å². The van der Waals surface area contributed by atoms with Crippen LogP contribution in [0.3, 0.4) is 0 Å². The van der Waals surface area contributed by atoms with Crippen molar-refractivity contribution < 1.29 is 19.0 Å². The van der Waals surface area contributed by atoms with E-state index in [0.29, 0.717) is 35.0 Å². The summed E-state index contributed by atoms with van der Waals surface area (Å²) in [6.07, 6.45) is -0.300. The van der Waals surface area contributed by atoms with Crippen LogP contribution < -0.4 is 25.3 Å². The molecule has 0 aromatic heterocycles. The highest BCUT2D eigenvalue weighted by molar-refractivity contribution is 5.98. The van der Waals surface area contributed by atoms with Crippen molar-refractivity contribution in [2.24, 2.45) is 0 Å². The number of anilines is 2. The van der Waals surface area contributed by atoms with Gasteiger partial charge in [-0.25, -0.2) is 0 Å². The topological polar surface area (TPSA) is 82.8 Å². The van der Waals surface area contributed by atoms with Gasteiger partial charge in [0, 0.05) is 23.7 Å². The quantitative estimate of drug-likeness (QED) is 0.846. The Hall–Kier alpha value is -2.89. The van der Waals surface area contributed by atoms with Crippen LogP contribution >= 0.6 is 0 Å². The smallest absolute Gasteiger partial charge is 0.265 e. The van der Waals surface area contributed by atoms with E-state index in [2.05, 4.69) is 5.32 Å². The van der Waals surface area contributed by atoms with Gasteiger partial charge in [-0.15, -0.1) is 0 Å². The first-order valence-corrected chi connectivity index (χ1v) is 7.18. The van der Waals surface area contributed by atoms with Crippen molar-refractivity contribution in [3.63, 3.8) is 0 Å². The van der Waals surface area contributed by atoms with E-state index in [0.717, 1.165) is 5.56 Å². The highest BCUT2D eigenvalue weighted by atomic mass is 16.5. The van der Waals surface area contributed by atoms with Crippen LogP contribution in [0.4, 0.5) is 11.4 Å². The van der Waals surface area contributed by atoms with Crippen LogP contribution in [0.5, 0.6) is 17.2 Å². The average molecular weight is 314 g/mol. The number of nitrogens with one attached hydrogen (secondary N) is 1. The minimum atomic E-state index is -0.662. The molecule has 2 aromatic carbocycles. The zero-order valence-corrected chi connectivity index (χ0v) is 13.0. The summed E-state index contributed by atoms with van der Waals surface area (Å²) in [5.41, 5.74) is 7.81. The molecule has 2 aromatic rings. The van der Waals surface area contributed by atoms with Gasteiger partial charge >= 0.3 is 0 Å². The molecule has 1 unspecified atom stereocenters. The first-order valence-electron chi connectivity index (χ1n) is 7.18. The Morgan fingerprint density at radius 2 is 2.00 bits per heavy atom. The third kappa shape index (κ3) is 3.01. The van der Waals surface area contributed by atoms with Crippen molar-refractivity contribution in [3.8, 4) is 17.2 Å². The third-order valence-corrected chi connectivity index (χ3v) is 3.72. The van der Waals surface area contributed by atoms with Crippen molar-refractivity contribution in [1.82, 2.24) is 0 Å². The predicted molar refractivity (Wildman–Crippen MR) is 87.2 cm³/mol. The van der Waals surface area contributed by atoms with E-state index in [-0.39, 0.29) is 5.91 Å². The van der Waals surface area contributed by atoms with Crippen molar-refractivity contribution in [2.75, 3.05) is 25.3 Å². The number of ether oxygens (including phenoxy) is 3. The summed E-state index contributed by atoms with van der Waals surface area (Å²) >= 11 is 0. The number of methoxy groups -OCH3 is 2. The maximum atomic E-state index is 12.3. The summed E-state index contributed by atoms with van der Waals surface area (Å²) in [5.74, 6) is 1.74. The number of carbonyl (C=O) groups is 1. The number of nitrogens with two attached hydrogens (primary N) is 1. The lowest BCUT2D eigenvalue weighted by molar-refractivity contribution is -0.123.